The molecule has 0 radical (unpaired) electrons. The van der Waals surface area contributed by atoms with Gasteiger partial charge >= 0.3 is 0 Å². The van der Waals surface area contributed by atoms with Gasteiger partial charge in [0.1, 0.15) is 0 Å². The van der Waals surface area contributed by atoms with Gasteiger partial charge < -0.3 is 20.1 Å². The van der Waals surface area contributed by atoms with Crippen molar-refractivity contribution in [1.82, 2.24) is 5.32 Å². The molecule has 2 aromatic carbocycles. The topological polar surface area (TPSA) is 76.7 Å². The first-order valence-corrected chi connectivity index (χ1v) is 8.35. The van der Waals surface area contributed by atoms with Crippen LogP contribution < -0.4 is 20.1 Å². The normalized spacial score (nSPS) is 10.3. The van der Waals surface area contributed by atoms with Crippen molar-refractivity contribution in [3.8, 4) is 11.5 Å². The van der Waals surface area contributed by atoms with Crippen LogP contribution in [0, 0.1) is 5.92 Å². The highest BCUT2D eigenvalue weighted by Crippen LogP contribution is 2.30. The maximum Gasteiger partial charge on any atom is 0.255 e. The first-order valence-electron chi connectivity index (χ1n) is 8.35. The fraction of sp³-hybridized carbons (Fsp3) is 0.300. The molecular weight excluding hydrogens is 332 g/mol. The van der Waals surface area contributed by atoms with Crippen LogP contribution in [0.2, 0.25) is 0 Å². The number of anilines is 1. The van der Waals surface area contributed by atoms with Crippen molar-refractivity contribution in [2.45, 2.75) is 20.4 Å². The summed E-state index contributed by atoms with van der Waals surface area (Å²) >= 11 is 0. The molecule has 0 unspecified atom stereocenters. The zero-order valence-electron chi connectivity index (χ0n) is 15.5. The fourth-order valence-corrected chi connectivity index (χ4v) is 2.34. The molecule has 138 valence electrons. The lowest BCUT2D eigenvalue weighted by Gasteiger charge is -2.13. The van der Waals surface area contributed by atoms with Crippen LogP contribution in [0.1, 0.15) is 29.8 Å². The quantitative estimate of drug-likeness (QED) is 0.798. The molecular formula is C20H24N2O4. The predicted molar refractivity (Wildman–Crippen MR) is 101 cm³/mol. The molecule has 26 heavy (non-hydrogen) atoms. The van der Waals surface area contributed by atoms with Crippen LogP contribution in [0.4, 0.5) is 5.69 Å². The number of ether oxygens (including phenoxy) is 2. The fourth-order valence-electron chi connectivity index (χ4n) is 2.34. The van der Waals surface area contributed by atoms with Crippen LogP contribution in [-0.4, -0.2) is 26.0 Å². The van der Waals surface area contributed by atoms with Crippen LogP contribution in [0.15, 0.2) is 42.5 Å². The molecule has 0 aliphatic carbocycles. The molecule has 2 amide bonds. The van der Waals surface area contributed by atoms with Crippen molar-refractivity contribution in [2.75, 3.05) is 19.5 Å². The Morgan fingerprint density at radius 3 is 2.27 bits per heavy atom. The van der Waals surface area contributed by atoms with E-state index in [0.717, 1.165) is 11.3 Å². The Bertz CT molecular complexity index is 770. The number of amides is 2. The van der Waals surface area contributed by atoms with Crippen molar-refractivity contribution in [1.29, 1.82) is 0 Å². The molecule has 0 aliphatic heterocycles. The highest BCUT2D eigenvalue weighted by molar-refractivity contribution is 5.97. The number of nitrogens with one attached hydrogen (secondary N) is 2. The number of benzene rings is 2. The lowest BCUT2D eigenvalue weighted by atomic mass is 10.1. The minimum atomic E-state index is -0.252. The summed E-state index contributed by atoms with van der Waals surface area (Å²) in [6, 6.07) is 12.5. The first-order chi connectivity index (χ1) is 12.5. The van der Waals surface area contributed by atoms with Gasteiger partial charge in [-0.15, -0.1) is 0 Å². The second kappa shape index (κ2) is 8.89. The lowest BCUT2D eigenvalue weighted by Crippen LogP contribution is -2.23. The monoisotopic (exact) mass is 356 g/mol. The summed E-state index contributed by atoms with van der Waals surface area (Å²) in [4.78, 5) is 24.1. The molecule has 6 nitrogen and oxygen atoms in total. The molecule has 2 N–H and O–H groups in total. The Kier molecular flexibility index (Phi) is 6.60. The summed E-state index contributed by atoms with van der Waals surface area (Å²) in [5.74, 6) is 0.547. The minimum absolute atomic E-state index is 0.0313. The van der Waals surface area contributed by atoms with Gasteiger partial charge in [0, 0.05) is 18.2 Å². The highest BCUT2D eigenvalue weighted by atomic mass is 16.5. The van der Waals surface area contributed by atoms with Crippen LogP contribution >= 0.6 is 0 Å². The van der Waals surface area contributed by atoms with E-state index >= 15 is 0 Å². The third-order valence-corrected chi connectivity index (χ3v) is 3.85. The van der Waals surface area contributed by atoms with E-state index in [-0.39, 0.29) is 17.7 Å². The van der Waals surface area contributed by atoms with Gasteiger partial charge in [-0.1, -0.05) is 32.0 Å². The van der Waals surface area contributed by atoms with Crippen LogP contribution in [-0.2, 0) is 11.3 Å². The molecule has 0 aliphatic rings. The van der Waals surface area contributed by atoms with E-state index in [4.69, 9.17) is 9.47 Å². The average molecular weight is 356 g/mol. The molecule has 0 saturated heterocycles. The van der Waals surface area contributed by atoms with Crippen LogP contribution in [0.5, 0.6) is 11.5 Å². The maximum atomic E-state index is 12.4. The summed E-state index contributed by atoms with van der Waals surface area (Å²) in [6.07, 6.45) is 0. The number of methoxy groups -OCH3 is 2. The number of para-hydroxylation sites is 1. The van der Waals surface area contributed by atoms with E-state index in [0.29, 0.717) is 23.6 Å². The second-order valence-electron chi connectivity index (χ2n) is 6.06. The highest BCUT2D eigenvalue weighted by Gasteiger charge is 2.16. The molecule has 0 fully saturated rings. The smallest absolute Gasteiger partial charge is 0.255 e. The molecule has 0 bridgehead atoms. The number of carbonyl (C=O) groups excluding carboxylic acids is 2. The molecule has 6 heteroatoms. The summed E-state index contributed by atoms with van der Waals surface area (Å²) in [7, 11) is 3.03. The molecule has 0 heterocycles. The zero-order chi connectivity index (χ0) is 19.1. The van der Waals surface area contributed by atoms with Gasteiger partial charge in [0.2, 0.25) is 5.91 Å². The van der Waals surface area contributed by atoms with Crippen molar-refractivity contribution in [3.63, 3.8) is 0 Å². The number of rotatable bonds is 7. The van der Waals surface area contributed by atoms with E-state index in [9.17, 15) is 9.59 Å². The third kappa shape index (κ3) is 4.75. The van der Waals surface area contributed by atoms with Gasteiger partial charge in [0.05, 0.1) is 19.8 Å². The average Bonchev–Trinajstić information content (AvgIpc) is 2.66. The Labute approximate surface area is 153 Å². The minimum Gasteiger partial charge on any atom is -0.493 e. The Hall–Kier alpha value is -3.02. The zero-order valence-corrected chi connectivity index (χ0v) is 15.5. The second-order valence-corrected chi connectivity index (χ2v) is 6.06. The molecule has 0 spiro atoms. The first kappa shape index (κ1) is 19.3. The van der Waals surface area contributed by atoms with Gasteiger partial charge in [0.15, 0.2) is 11.5 Å². The van der Waals surface area contributed by atoms with Gasteiger partial charge in [-0.3, -0.25) is 9.59 Å². The largest absolute Gasteiger partial charge is 0.493 e. The summed E-state index contributed by atoms with van der Waals surface area (Å²) in [5, 5.41) is 5.69. The number of hydrogen-bond donors (Lipinski definition) is 2. The van der Waals surface area contributed by atoms with E-state index in [1.807, 2.05) is 38.1 Å². The van der Waals surface area contributed by atoms with Crippen molar-refractivity contribution < 1.29 is 19.1 Å². The van der Waals surface area contributed by atoms with E-state index in [1.165, 1.54) is 14.2 Å². The summed E-state index contributed by atoms with van der Waals surface area (Å²) < 4.78 is 10.5. The van der Waals surface area contributed by atoms with Crippen molar-refractivity contribution in [2.24, 2.45) is 5.92 Å². The lowest BCUT2D eigenvalue weighted by molar-refractivity contribution is -0.118. The van der Waals surface area contributed by atoms with Gasteiger partial charge in [-0.05, 0) is 29.8 Å². The van der Waals surface area contributed by atoms with E-state index < -0.39 is 0 Å². The number of carbonyl (C=O) groups is 2. The molecule has 2 rings (SSSR count). The van der Waals surface area contributed by atoms with E-state index in [1.54, 1.807) is 18.2 Å². The van der Waals surface area contributed by atoms with Crippen molar-refractivity contribution in [3.05, 3.63) is 53.6 Å². The van der Waals surface area contributed by atoms with Crippen LogP contribution in [0.25, 0.3) is 0 Å². The standard InChI is InChI=1S/C20H24N2O4/c1-13(2)19(23)22-15-10-8-14(9-11-15)12-21-20(24)16-6-5-7-17(25-3)18(16)26-4/h5-11,13H,12H2,1-4H3,(H,21,24)(H,22,23). The van der Waals surface area contributed by atoms with Crippen molar-refractivity contribution >= 4 is 17.5 Å². The molecule has 0 atom stereocenters. The Morgan fingerprint density at radius 2 is 1.69 bits per heavy atom. The summed E-state index contributed by atoms with van der Waals surface area (Å²) in [5.41, 5.74) is 2.06. The third-order valence-electron chi connectivity index (χ3n) is 3.85. The molecule has 2 aromatic rings. The predicted octanol–water partition coefficient (Wildman–Crippen LogP) is 3.23. The molecule has 0 aromatic heterocycles. The van der Waals surface area contributed by atoms with Gasteiger partial charge in [-0.25, -0.2) is 0 Å². The summed E-state index contributed by atoms with van der Waals surface area (Å²) in [6.45, 7) is 4.04. The van der Waals surface area contributed by atoms with Gasteiger partial charge in [0.25, 0.3) is 5.91 Å². The molecule has 0 saturated carbocycles. The van der Waals surface area contributed by atoms with E-state index in [2.05, 4.69) is 10.6 Å². The Balaban J connectivity index is 2.01. The Morgan fingerprint density at radius 1 is 1.00 bits per heavy atom. The van der Waals surface area contributed by atoms with Crippen LogP contribution in [0.3, 0.4) is 0 Å². The maximum absolute atomic E-state index is 12.4. The SMILES string of the molecule is COc1cccc(C(=O)NCc2ccc(NC(=O)C(C)C)cc2)c1OC. The van der Waals surface area contributed by atoms with Gasteiger partial charge in [-0.2, -0.15) is 0 Å². The number of hydrogen-bond acceptors (Lipinski definition) is 4.